The summed E-state index contributed by atoms with van der Waals surface area (Å²) in [5, 5.41) is 11.5. The largest absolute Gasteiger partial charge is 0.449 e. The number of hydrogen-bond acceptors (Lipinski definition) is 5. The van der Waals surface area contributed by atoms with E-state index in [0.29, 0.717) is 5.69 Å². The van der Waals surface area contributed by atoms with E-state index in [0.717, 1.165) is 0 Å². The first kappa shape index (κ1) is 20.1. The Morgan fingerprint density at radius 3 is 2.41 bits per heavy atom. The van der Waals surface area contributed by atoms with Gasteiger partial charge in [0.05, 0.1) is 16.1 Å². The molecule has 0 saturated carbocycles. The third kappa shape index (κ3) is 5.66. The highest BCUT2D eigenvalue weighted by atomic mass is 35.5. The fourth-order valence-corrected chi connectivity index (χ4v) is 2.20. The standard InChI is InChI=1S/C18H13ClF2N2O4/c1-10(16(24)23-13-5-2-12(9-22)15(19)8-13)26-17(25)11-3-6-14(7-4-11)27-18(20)21/h2-8,10,18H,1H3,(H,23,24)/t10-/m1/s1. The number of hydrogen-bond donors (Lipinski definition) is 1. The summed E-state index contributed by atoms with van der Waals surface area (Å²) in [6.07, 6.45) is -1.14. The zero-order valence-electron chi connectivity index (χ0n) is 13.9. The van der Waals surface area contributed by atoms with Crippen molar-refractivity contribution < 1.29 is 27.8 Å². The molecule has 9 heteroatoms. The fraction of sp³-hybridized carbons (Fsp3) is 0.167. The highest BCUT2D eigenvalue weighted by Crippen LogP contribution is 2.21. The van der Waals surface area contributed by atoms with Crippen molar-refractivity contribution in [3.63, 3.8) is 0 Å². The first-order valence-corrected chi connectivity index (χ1v) is 7.94. The zero-order chi connectivity index (χ0) is 20.0. The topological polar surface area (TPSA) is 88.4 Å². The molecule has 2 aromatic rings. The molecule has 2 rings (SSSR count). The van der Waals surface area contributed by atoms with Crippen molar-refractivity contribution in [1.29, 1.82) is 5.26 Å². The number of carbonyl (C=O) groups is 2. The molecule has 2 aromatic carbocycles. The van der Waals surface area contributed by atoms with Crippen molar-refractivity contribution in [2.45, 2.75) is 19.6 Å². The maximum Gasteiger partial charge on any atom is 0.387 e. The number of alkyl halides is 2. The third-order valence-electron chi connectivity index (χ3n) is 3.33. The maximum atomic E-state index is 12.1. The van der Waals surface area contributed by atoms with Gasteiger partial charge in [-0.25, -0.2) is 4.79 Å². The molecule has 6 nitrogen and oxygen atoms in total. The first-order valence-electron chi connectivity index (χ1n) is 7.56. The summed E-state index contributed by atoms with van der Waals surface area (Å²) in [5.41, 5.74) is 0.659. The highest BCUT2D eigenvalue weighted by molar-refractivity contribution is 6.32. The van der Waals surface area contributed by atoms with E-state index >= 15 is 0 Å². The number of anilines is 1. The van der Waals surface area contributed by atoms with Crippen molar-refractivity contribution >= 4 is 29.2 Å². The van der Waals surface area contributed by atoms with Gasteiger partial charge < -0.3 is 14.8 Å². The highest BCUT2D eigenvalue weighted by Gasteiger charge is 2.19. The van der Waals surface area contributed by atoms with Gasteiger partial charge in [-0.05, 0) is 49.4 Å². The number of amides is 1. The minimum Gasteiger partial charge on any atom is -0.449 e. The molecule has 27 heavy (non-hydrogen) atoms. The molecule has 0 unspecified atom stereocenters. The van der Waals surface area contributed by atoms with Gasteiger partial charge in [-0.2, -0.15) is 14.0 Å². The van der Waals surface area contributed by atoms with Gasteiger partial charge in [0.2, 0.25) is 0 Å². The maximum absolute atomic E-state index is 12.1. The van der Waals surface area contributed by atoms with Crippen molar-refractivity contribution in [3.8, 4) is 11.8 Å². The van der Waals surface area contributed by atoms with Crippen LogP contribution in [0.4, 0.5) is 14.5 Å². The van der Waals surface area contributed by atoms with Gasteiger partial charge in [-0.3, -0.25) is 4.79 Å². The SMILES string of the molecule is C[C@@H](OC(=O)c1ccc(OC(F)F)cc1)C(=O)Nc1ccc(C#N)c(Cl)c1. The molecule has 0 fully saturated rings. The lowest BCUT2D eigenvalue weighted by Gasteiger charge is -2.14. The Labute approximate surface area is 158 Å². The Hall–Kier alpha value is -3.18. The molecular weight excluding hydrogens is 382 g/mol. The summed E-state index contributed by atoms with van der Waals surface area (Å²) in [6, 6.07) is 11.1. The molecule has 0 saturated heterocycles. The van der Waals surface area contributed by atoms with Gasteiger partial charge in [0, 0.05) is 5.69 Å². The number of nitrogens with zero attached hydrogens (tertiary/aromatic N) is 1. The third-order valence-corrected chi connectivity index (χ3v) is 3.64. The van der Waals surface area contributed by atoms with E-state index < -0.39 is 24.6 Å². The van der Waals surface area contributed by atoms with Crippen LogP contribution in [-0.4, -0.2) is 24.6 Å². The summed E-state index contributed by atoms with van der Waals surface area (Å²) in [4.78, 5) is 24.2. The average molecular weight is 395 g/mol. The summed E-state index contributed by atoms with van der Waals surface area (Å²) in [6.45, 7) is -1.60. The molecule has 1 amide bonds. The fourth-order valence-electron chi connectivity index (χ4n) is 1.98. The predicted octanol–water partition coefficient (Wildman–Crippen LogP) is 4.00. The molecule has 1 N–H and O–H groups in total. The molecule has 0 aliphatic rings. The lowest BCUT2D eigenvalue weighted by molar-refractivity contribution is -0.123. The molecule has 0 radical (unpaired) electrons. The second kappa shape index (κ2) is 8.96. The van der Waals surface area contributed by atoms with Crippen LogP contribution in [0.25, 0.3) is 0 Å². The van der Waals surface area contributed by atoms with Crippen LogP contribution in [0.3, 0.4) is 0 Å². The molecular formula is C18H13ClF2N2O4. The van der Waals surface area contributed by atoms with Crippen molar-refractivity contribution in [3.05, 3.63) is 58.6 Å². The number of nitrogens with one attached hydrogen (secondary N) is 1. The van der Waals surface area contributed by atoms with Crippen LogP contribution in [0.1, 0.15) is 22.8 Å². The Morgan fingerprint density at radius 1 is 1.19 bits per heavy atom. The number of esters is 1. The predicted molar refractivity (Wildman–Crippen MR) is 92.7 cm³/mol. The van der Waals surface area contributed by atoms with E-state index in [1.807, 2.05) is 6.07 Å². The van der Waals surface area contributed by atoms with E-state index in [-0.39, 0.29) is 21.9 Å². The number of carbonyl (C=O) groups excluding carboxylic acids is 2. The monoisotopic (exact) mass is 394 g/mol. The Morgan fingerprint density at radius 2 is 1.85 bits per heavy atom. The molecule has 0 aliphatic carbocycles. The van der Waals surface area contributed by atoms with Crippen LogP contribution in [-0.2, 0) is 9.53 Å². The Balaban J connectivity index is 1.96. The molecule has 0 spiro atoms. The normalized spacial score (nSPS) is 11.4. The van der Waals surface area contributed by atoms with Crippen LogP contribution in [0.5, 0.6) is 5.75 Å². The summed E-state index contributed by atoms with van der Waals surface area (Å²) >= 11 is 5.88. The van der Waals surface area contributed by atoms with Crippen LogP contribution in [0.2, 0.25) is 5.02 Å². The number of nitriles is 1. The second-order valence-electron chi connectivity index (χ2n) is 5.25. The Kier molecular flexibility index (Phi) is 6.68. The summed E-state index contributed by atoms with van der Waals surface area (Å²) in [5.74, 6) is -1.52. The number of benzene rings is 2. The van der Waals surface area contributed by atoms with Crippen molar-refractivity contribution in [2.24, 2.45) is 0 Å². The second-order valence-corrected chi connectivity index (χ2v) is 5.65. The minimum atomic E-state index is -2.97. The lowest BCUT2D eigenvalue weighted by Crippen LogP contribution is -2.30. The number of ether oxygens (including phenoxy) is 2. The molecule has 140 valence electrons. The first-order chi connectivity index (χ1) is 12.8. The number of halogens is 3. The van der Waals surface area contributed by atoms with Crippen LogP contribution < -0.4 is 10.1 Å². The average Bonchev–Trinajstić information content (AvgIpc) is 2.61. The molecule has 1 atom stereocenters. The van der Waals surface area contributed by atoms with Gasteiger partial charge in [0.15, 0.2) is 6.10 Å². The van der Waals surface area contributed by atoms with E-state index in [9.17, 15) is 18.4 Å². The van der Waals surface area contributed by atoms with Gasteiger partial charge in [-0.15, -0.1) is 0 Å². The van der Waals surface area contributed by atoms with E-state index in [4.69, 9.17) is 21.6 Å². The Bertz CT molecular complexity index is 882. The lowest BCUT2D eigenvalue weighted by atomic mass is 10.2. The molecule has 0 bridgehead atoms. The zero-order valence-corrected chi connectivity index (χ0v) is 14.7. The smallest absolute Gasteiger partial charge is 0.387 e. The molecule has 0 aromatic heterocycles. The van der Waals surface area contributed by atoms with Gasteiger partial charge in [0.25, 0.3) is 5.91 Å². The van der Waals surface area contributed by atoms with Crippen molar-refractivity contribution in [2.75, 3.05) is 5.32 Å². The van der Waals surface area contributed by atoms with Crippen LogP contribution in [0.15, 0.2) is 42.5 Å². The van der Waals surface area contributed by atoms with Crippen LogP contribution >= 0.6 is 11.6 Å². The molecule has 0 aliphatic heterocycles. The van der Waals surface area contributed by atoms with E-state index in [2.05, 4.69) is 10.1 Å². The number of rotatable bonds is 6. The van der Waals surface area contributed by atoms with Gasteiger partial charge in [0.1, 0.15) is 11.8 Å². The summed E-state index contributed by atoms with van der Waals surface area (Å²) < 4.78 is 33.4. The van der Waals surface area contributed by atoms with E-state index in [1.165, 1.54) is 49.4 Å². The van der Waals surface area contributed by atoms with Crippen LogP contribution in [0, 0.1) is 11.3 Å². The molecule has 0 heterocycles. The van der Waals surface area contributed by atoms with Gasteiger partial charge >= 0.3 is 12.6 Å². The quantitative estimate of drug-likeness (QED) is 0.748. The van der Waals surface area contributed by atoms with E-state index in [1.54, 1.807) is 0 Å². The summed E-state index contributed by atoms with van der Waals surface area (Å²) in [7, 11) is 0. The van der Waals surface area contributed by atoms with Gasteiger partial charge in [-0.1, -0.05) is 11.6 Å². The van der Waals surface area contributed by atoms with Crippen molar-refractivity contribution in [1.82, 2.24) is 0 Å². The minimum absolute atomic E-state index is 0.0673.